The minimum Gasteiger partial charge on any atom is -0.396 e. The van der Waals surface area contributed by atoms with Gasteiger partial charge in [0.05, 0.1) is 18.8 Å². The van der Waals surface area contributed by atoms with Crippen molar-refractivity contribution in [3.63, 3.8) is 0 Å². The number of halogens is 1. The number of nitrogens with one attached hydrogen (secondary N) is 1. The molecule has 6 nitrogen and oxygen atoms in total. The Labute approximate surface area is 123 Å². The quantitative estimate of drug-likeness (QED) is 0.621. The number of carbonyl (C=O) groups is 2. The molecule has 116 valence electrons. The second-order valence-electron chi connectivity index (χ2n) is 4.81. The lowest BCUT2D eigenvalue weighted by atomic mass is 10.2. The first-order valence-corrected chi connectivity index (χ1v) is 6.78. The molecule has 0 unspecified atom stereocenters. The highest BCUT2D eigenvalue weighted by Gasteiger charge is 2.13. The Bertz CT molecular complexity index is 508. The van der Waals surface area contributed by atoms with E-state index in [0.717, 1.165) is 12.8 Å². The normalized spacial score (nSPS) is 10.6. The Kier molecular flexibility index (Phi) is 6.61. The molecule has 21 heavy (non-hydrogen) atoms. The van der Waals surface area contributed by atoms with Crippen molar-refractivity contribution in [3.8, 4) is 0 Å². The van der Waals surface area contributed by atoms with Gasteiger partial charge in [0.25, 0.3) is 0 Å². The first kappa shape index (κ1) is 16.9. The van der Waals surface area contributed by atoms with E-state index in [0.29, 0.717) is 12.2 Å². The summed E-state index contributed by atoms with van der Waals surface area (Å²) in [5, 5.41) is 2.61. The van der Waals surface area contributed by atoms with Crippen LogP contribution in [0.1, 0.15) is 19.8 Å². The molecular formula is C14H21FN4O2. The van der Waals surface area contributed by atoms with Crippen LogP contribution in [-0.4, -0.2) is 36.3 Å². The topological polar surface area (TPSA) is 101 Å². The summed E-state index contributed by atoms with van der Waals surface area (Å²) in [4.78, 5) is 24.6. The van der Waals surface area contributed by atoms with E-state index in [2.05, 4.69) is 5.32 Å². The highest BCUT2D eigenvalue weighted by Crippen LogP contribution is 2.16. The SMILES string of the molecule is CCCCN(CC(N)=O)CC(=O)Nc1ccc(F)c(N)c1. The summed E-state index contributed by atoms with van der Waals surface area (Å²) in [6.45, 7) is 2.70. The standard InChI is InChI=1S/C14H21FN4O2/c1-2-3-6-19(8-13(17)20)9-14(21)18-10-4-5-11(15)12(16)7-10/h4-5,7H,2-3,6,8-9,16H2,1H3,(H2,17,20)(H,18,21). The number of rotatable bonds is 8. The molecule has 0 aliphatic rings. The molecule has 0 fully saturated rings. The number of primary amides is 1. The Hall–Kier alpha value is -2.15. The van der Waals surface area contributed by atoms with Crippen LogP contribution in [0.2, 0.25) is 0 Å². The van der Waals surface area contributed by atoms with E-state index in [-0.39, 0.29) is 24.7 Å². The largest absolute Gasteiger partial charge is 0.396 e. The van der Waals surface area contributed by atoms with Gasteiger partial charge in [-0.1, -0.05) is 13.3 Å². The van der Waals surface area contributed by atoms with Gasteiger partial charge in [-0.25, -0.2) is 4.39 Å². The fraction of sp³-hybridized carbons (Fsp3) is 0.429. The molecule has 1 aromatic rings. The van der Waals surface area contributed by atoms with Crippen LogP contribution < -0.4 is 16.8 Å². The maximum atomic E-state index is 13.0. The zero-order valence-electron chi connectivity index (χ0n) is 12.1. The highest BCUT2D eigenvalue weighted by molar-refractivity contribution is 5.93. The van der Waals surface area contributed by atoms with E-state index in [4.69, 9.17) is 11.5 Å². The second kappa shape index (κ2) is 8.21. The van der Waals surface area contributed by atoms with Crippen LogP contribution in [0.15, 0.2) is 18.2 Å². The van der Waals surface area contributed by atoms with Gasteiger partial charge in [-0.2, -0.15) is 0 Å². The van der Waals surface area contributed by atoms with Crippen molar-refractivity contribution >= 4 is 23.2 Å². The molecule has 0 saturated heterocycles. The van der Waals surface area contributed by atoms with E-state index in [1.54, 1.807) is 4.90 Å². The minimum atomic E-state index is -0.536. The van der Waals surface area contributed by atoms with Crippen molar-refractivity contribution in [2.24, 2.45) is 5.73 Å². The molecule has 0 aliphatic carbocycles. The lowest BCUT2D eigenvalue weighted by molar-refractivity contribution is -0.121. The van der Waals surface area contributed by atoms with Gasteiger partial charge < -0.3 is 16.8 Å². The molecule has 7 heteroatoms. The van der Waals surface area contributed by atoms with Gasteiger partial charge in [0.1, 0.15) is 5.82 Å². The van der Waals surface area contributed by atoms with Crippen molar-refractivity contribution < 1.29 is 14.0 Å². The fourth-order valence-corrected chi connectivity index (χ4v) is 1.84. The van der Waals surface area contributed by atoms with Gasteiger partial charge in [0.2, 0.25) is 11.8 Å². The molecule has 2 amide bonds. The Balaban J connectivity index is 2.59. The molecule has 0 aliphatic heterocycles. The van der Waals surface area contributed by atoms with Crippen molar-refractivity contribution in [1.29, 1.82) is 0 Å². The van der Waals surface area contributed by atoms with E-state index < -0.39 is 11.7 Å². The predicted octanol–water partition coefficient (Wildman–Crippen LogP) is 0.934. The molecule has 1 aromatic carbocycles. The third-order valence-corrected chi connectivity index (χ3v) is 2.85. The van der Waals surface area contributed by atoms with Crippen LogP contribution in [0.4, 0.5) is 15.8 Å². The summed E-state index contributed by atoms with van der Waals surface area (Å²) in [5.41, 5.74) is 11.0. The summed E-state index contributed by atoms with van der Waals surface area (Å²) < 4.78 is 13.0. The maximum Gasteiger partial charge on any atom is 0.238 e. The van der Waals surface area contributed by atoms with E-state index in [1.807, 2.05) is 6.92 Å². The lowest BCUT2D eigenvalue weighted by Gasteiger charge is -2.19. The summed E-state index contributed by atoms with van der Waals surface area (Å²) in [6, 6.07) is 3.95. The van der Waals surface area contributed by atoms with Gasteiger partial charge in [0, 0.05) is 5.69 Å². The third-order valence-electron chi connectivity index (χ3n) is 2.85. The molecule has 1 rings (SSSR count). The zero-order chi connectivity index (χ0) is 15.8. The average molecular weight is 296 g/mol. The van der Waals surface area contributed by atoms with Crippen LogP contribution in [0.5, 0.6) is 0 Å². The van der Waals surface area contributed by atoms with Gasteiger partial charge in [-0.15, -0.1) is 0 Å². The monoisotopic (exact) mass is 296 g/mol. The minimum absolute atomic E-state index is 0.0268. The number of nitrogens with zero attached hydrogens (tertiary/aromatic N) is 1. The number of hydrogen-bond donors (Lipinski definition) is 3. The zero-order valence-corrected chi connectivity index (χ0v) is 12.1. The van der Waals surface area contributed by atoms with Crippen LogP contribution in [0.25, 0.3) is 0 Å². The number of anilines is 2. The average Bonchev–Trinajstić information content (AvgIpc) is 2.39. The molecule has 0 spiro atoms. The van der Waals surface area contributed by atoms with E-state index in [1.165, 1.54) is 18.2 Å². The summed E-state index contributed by atoms with van der Waals surface area (Å²) in [5.74, 6) is -1.32. The third kappa shape index (κ3) is 6.22. The van der Waals surface area contributed by atoms with E-state index in [9.17, 15) is 14.0 Å². The molecule has 0 atom stereocenters. The highest BCUT2D eigenvalue weighted by atomic mass is 19.1. The fourth-order valence-electron chi connectivity index (χ4n) is 1.84. The Morgan fingerprint density at radius 2 is 2.05 bits per heavy atom. The predicted molar refractivity (Wildman–Crippen MR) is 80.0 cm³/mol. The smallest absolute Gasteiger partial charge is 0.238 e. The molecule has 0 bridgehead atoms. The number of carbonyl (C=O) groups excluding carboxylic acids is 2. The number of nitrogens with two attached hydrogens (primary N) is 2. The van der Waals surface area contributed by atoms with Crippen molar-refractivity contribution in [2.75, 3.05) is 30.7 Å². The van der Waals surface area contributed by atoms with Gasteiger partial charge in [-0.3, -0.25) is 14.5 Å². The van der Waals surface area contributed by atoms with Crippen molar-refractivity contribution in [2.45, 2.75) is 19.8 Å². The Morgan fingerprint density at radius 1 is 1.33 bits per heavy atom. The maximum absolute atomic E-state index is 13.0. The number of amides is 2. The first-order chi connectivity index (χ1) is 9.92. The lowest BCUT2D eigenvalue weighted by Crippen LogP contribution is -2.39. The molecule has 5 N–H and O–H groups in total. The number of hydrogen-bond acceptors (Lipinski definition) is 4. The van der Waals surface area contributed by atoms with Crippen molar-refractivity contribution in [3.05, 3.63) is 24.0 Å². The van der Waals surface area contributed by atoms with Crippen LogP contribution in [0.3, 0.4) is 0 Å². The summed E-state index contributed by atoms with van der Waals surface area (Å²) in [6.07, 6.45) is 1.81. The number of unbranched alkanes of at least 4 members (excludes halogenated alkanes) is 1. The van der Waals surface area contributed by atoms with Gasteiger partial charge in [-0.05, 0) is 31.2 Å². The second-order valence-corrected chi connectivity index (χ2v) is 4.81. The molecule has 0 heterocycles. The molecular weight excluding hydrogens is 275 g/mol. The first-order valence-electron chi connectivity index (χ1n) is 6.78. The van der Waals surface area contributed by atoms with Crippen LogP contribution in [-0.2, 0) is 9.59 Å². The molecule has 0 saturated carbocycles. The van der Waals surface area contributed by atoms with Gasteiger partial charge in [0.15, 0.2) is 0 Å². The number of nitrogen functional groups attached to an aromatic ring is 1. The Morgan fingerprint density at radius 3 is 2.62 bits per heavy atom. The van der Waals surface area contributed by atoms with Gasteiger partial charge >= 0.3 is 0 Å². The molecule has 0 radical (unpaired) electrons. The summed E-state index contributed by atoms with van der Waals surface area (Å²) >= 11 is 0. The van der Waals surface area contributed by atoms with E-state index >= 15 is 0 Å². The molecule has 0 aromatic heterocycles. The summed E-state index contributed by atoms with van der Waals surface area (Å²) in [7, 11) is 0. The number of benzene rings is 1. The van der Waals surface area contributed by atoms with Crippen molar-refractivity contribution in [1.82, 2.24) is 4.90 Å². The van der Waals surface area contributed by atoms with Crippen LogP contribution >= 0.6 is 0 Å². The van der Waals surface area contributed by atoms with Crippen LogP contribution in [0, 0.1) is 5.82 Å².